The van der Waals surface area contributed by atoms with Crippen LogP contribution in [0.1, 0.15) is 12.0 Å². The largest absolute Gasteiger partial charge is 0.322 e. The summed E-state index contributed by atoms with van der Waals surface area (Å²) in [6, 6.07) is 9.25. The smallest absolute Gasteiger partial charge is 0.318 e. The van der Waals surface area contributed by atoms with Crippen LogP contribution in [0.25, 0.3) is 0 Å². The molecule has 0 spiro atoms. The van der Waals surface area contributed by atoms with Crippen LogP contribution in [0, 0.1) is 0 Å². The Hall–Kier alpha value is -2.44. The first-order chi connectivity index (χ1) is 10.5. The maximum absolute atomic E-state index is 13.1. The molecule has 22 heavy (non-hydrogen) atoms. The van der Waals surface area contributed by atoms with E-state index in [1.165, 1.54) is 6.20 Å². The van der Waals surface area contributed by atoms with Crippen molar-refractivity contribution in [3.63, 3.8) is 0 Å². The second-order valence-electron chi connectivity index (χ2n) is 5.37. The molecule has 0 unspecified atom stereocenters. The van der Waals surface area contributed by atoms with E-state index in [-0.39, 0.29) is 13.0 Å². The molecule has 0 radical (unpaired) electrons. The van der Waals surface area contributed by atoms with E-state index in [9.17, 15) is 13.6 Å². The summed E-state index contributed by atoms with van der Waals surface area (Å²) < 4.78 is 27.9. The van der Waals surface area contributed by atoms with Gasteiger partial charge in [0.15, 0.2) is 0 Å². The van der Waals surface area contributed by atoms with Crippen molar-refractivity contribution in [1.82, 2.24) is 14.7 Å². The fourth-order valence-electron chi connectivity index (χ4n) is 2.40. The van der Waals surface area contributed by atoms with Crippen molar-refractivity contribution in [2.45, 2.75) is 18.9 Å². The number of halogens is 2. The number of carbonyl (C=O) groups is 1. The topological polar surface area (TPSA) is 50.2 Å². The third-order valence-electron chi connectivity index (χ3n) is 3.53. The number of hydrogen-bond acceptors (Lipinski definition) is 2. The number of carbonyl (C=O) groups excluding carboxylic acids is 1. The predicted octanol–water partition coefficient (Wildman–Crippen LogP) is 2.80. The lowest BCUT2D eigenvalue weighted by Crippen LogP contribution is -2.34. The van der Waals surface area contributed by atoms with Crippen molar-refractivity contribution in [1.29, 1.82) is 0 Å². The normalized spacial score (nSPS) is 16.7. The lowest BCUT2D eigenvalue weighted by Gasteiger charge is -2.15. The van der Waals surface area contributed by atoms with Crippen molar-refractivity contribution >= 4 is 11.7 Å². The molecule has 1 aliphatic heterocycles. The van der Waals surface area contributed by atoms with Gasteiger partial charge in [-0.25, -0.2) is 13.6 Å². The third-order valence-corrected chi connectivity index (χ3v) is 3.53. The van der Waals surface area contributed by atoms with Gasteiger partial charge in [-0.3, -0.25) is 4.68 Å². The van der Waals surface area contributed by atoms with Crippen molar-refractivity contribution in [3.8, 4) is 0 Å². The van der Waals surface area contributed by atoms with Crippen molar-refractivity contribution in [3.05, 3.63) is 48.3 Å². The van der Waals surface area contributed by atoms with Crippen molar-refractivity contribution < 1.29 is 13.6 Å². The summed E-state index contributed by atoms with van der Waals surface area (Å²) in [6.45, 7) is 0.118. The maximum Gasteiger partial charge on any atom is 0.322 e. The van der Waals surface area contributed by atoms with E-state index in [1.54, 1.807) is 10.9 Å². The Morgan fingerprint density at radius 1 is 1.32 bits per heavy atom. The molecule has 2 amide bonds. The molecule has 1 N–H and O–H groups in total. The molecule has 1 saturated heterocycles. The van der Waals surface area contributed by atoms with Crippen LogP contribution in [0.4, 0.5) is 19.3 Å². The standard InChI is InChI=1S/C15H16F2N4O/c16-15(17)6-7-20(11-15)14(22)19-13-8-18-21(10-13)9-12-4-2-1-3-5-12/h1-5,8,10H,6-7,9,11H2,(H,19,22). The van der Waals surface area contributed by atoms with Crippen LogP contribution < -0.4 is 5.32 Å². The summed E-state index contributed by atoms with van der Waals surface area (Å²) in [5, 5.41) is 6.75. The maximum atomic E-state index is 13.1. The number of hydrogen-bond donors (Lipinski definition) is 1. The first-order valence-electron chi connectivity index (χ1n) is 7.02. The van der Waals surface area contributed by atoms with Gasteiger partial charge in [-0.1, -0.05) is 30.3 Å². The molecule has 116 valence electrons. The van der Waals surface area contributed by atoms with Crippen molar-refractivity contribution in [2.24, 2.45) is 0 Å². The zero-order valence-electron chi connectivity index (χ0n) is 11.9. The molecule has 0 atom stereocenters. The lowest BCUT2D eigenvalue weighted by molar-refractivity contribution is 0.0159. The number of amides is 2. The molecule has 1 fully saturated rings. The minimum absolute atomic E-state index is 0.0665. The molecular formula is C15H16F2N4O. The highest BCUT2D eigenvalue weighted by Crippen LogP contribution is 2.27. The third kappa shape index (κ3) is 3.41. The van der Waals surface area contributed by atoms with Crippen LogP contribution in [0.3, 0.4) is 0 Å². The Bertz CT molecular complexity index is 657. The van der Waals surface area contributed by atoms with Gasteiger partial charge in [-0.05, 0) is 5.56 Å². The van der Waals surface area contributed by atoms with Gasteiger partial charge >= 0.3 is 6.03 Å². The monoisotopic (exact) mass is 306 g/mol. The number of likely N-dealkylation sites (tertiary alicyclic amines) is 1. The van der Waals surface area contributed by atoms with Gasteiger partial charge in [-0.2, -0.15) is 5.10 Å². The van der Waals surface area contributed by atoms with Crippen LogP contribution in [0.2, 0.25) is 0 Å². The Morgan fingerprint density at radius 3 is 2.77 bits per heavy atom. The highest BCUT2D eigenvalue weighted by Gasteiger charge is 2.40. The minimum atomic E-state index is -2.78. The number of aromatic nitrogens is 2. The van der Waals surface area contributed by atoms with Crippen molar-refractivity contribution in [2.75, 3.05) is 18.4 Å². The van der Waals surface area contributed by atoms with Gasteiger partial charge in [0.25, 0.3) is 5.92 Å². The first-order valence-corrected chi connectivity index (χ1v) is 7.02. The fourth-order valence-corrected chi connectivity index (χ4v) is 2.40. The second kappa shape index (κ2) is 5.75. The van der Waals surface area contributed by atoms with Crippen LogP contribution in [-0.2, 0) is 6.54 Å². The van der Waals surface area contributed by atoms with Crippen LogP contribution in [0.5, 0.6) is 0 Å². The van der Waals surface area contributed by atoms with E-state index in [2.05, 4.69) is 10.4 Å². The summed E-state index contributed by atoms with van der Waals surface area (Å²) >= 11 is 0. The second-order valence-corrected chi connectivity index (χ2v) is 5.37. The lowest BCUT2D eigenvalue weighted by atomic mass is 10.2. The number of benzene rings is 1. The molecule has 0 bridgehead atoms. The summed E-state index contributed by atoms with van der Waals surface area (Å²) in [6.07, 6.45) is 2.90. The Labute approximate surface area is 126 Å². The summed E-state index contributed by atoms with van der Waals surface area (Å²) in [5.41, 5.74) is 1.58. The van der Waals surface area contributed by atoms with E-state index in [0.29, 0.717) is 12.2 Å². The summed E-state index contributed by atoms with van der Waals surface area (Å²) in [4.78, 5) is 13.0. The highest BCUT2D eigenvalue weighted by molar-refractivity contribution is 5.89. The van der Waals surface area contributed by atoms with E-state index in [4.69, 9.17) is 0 Å². The number of alkyl halides is 2. The molecule has 5 nitrogen and oxygen atoms in total. The molecule has 0 saturated carbocycles. The molecule has 3 rings (SSSR count). The molecule has 2 aromatic rings. The van der Waals surface area contributed by atoms with Gasteiger partial charge in [0, 0.05) is 19.2 Å². The molecule has 2 heterocycles. The molecule has 1 aromatic heterocycles. The zero-order valence-corrected chi connectivity index (χ0v) is 11.9. The van der Waals surface area contributed by atoms with E-state index >= 15 is 0 Å². The van der Waals surface area contributed by atoms with Crippen LogP contribution in [-0.4, -0.2) is 39.7 Å². The number of nitrogens with zero attached hydrogens (tertiary/aromatic N) is 3. The zero-order chi connectivity index (χ0) is 15.6. The highest BCUT2D eigenvalue weighted by atomic mass is 19.3. The van der Waals surface area contributed by atoms with Gasteiger partial charge in [-0.15, -0.1) is 0 Å². The first kappa shape index (κ1) is 14.5. The molecular weight excluding hydrogens is 290 g/mol. The number of urea groups is 1. The number of rotatable bonds is 3. The average Bonchev–Trinajstić information content (AvgIpc) is 3.06. The quantitative estimate of drug-likeness (QED) is 0.948. The van der Waals surface area contributed by atoms with Gasteiger partial charge in [0.05, 0.1) is 25.0 Å². The van der Waals surface area contributed by atoms with Gasteiger partial charge in [0.2, 0.25) is 0 Å². The van der Waals surface area contributed by atoms with E-state index in [0.717, 1.165) is 10.5 Å². The Morgan fingerprint density at radius 2 is 2.09 bits per heavy atom. The summed E-state index contributed by atoms with van der Waals surface area (Å²) in [5.74, 6) is -2.78. The number of anilines is 1. The van der Waals surface area contributed by atoms with Gasteiger partial charge < -0.3 is 10.2 Å². The molecule has 0 aliphatic carbocycles. The van der Waals surface area contributed by atoms with Crippen LogP contribution >= 0.6 is 0 Å². The SMILES string of the molecule is O=C(Nc1cnn(Cc2ccccc2)c1)N1CCC(F)(F)C1. The molecule has 1 aliphatic rings. The predicted molar refractivity (Wildman–Crippen MR) is 77.9 cm³/mol. The molecule has 7 heteroatoms. The summed E-state index contributed by atoms with van der Waals surface area (Å²) in [7, 11) is 0. The molecule has 1 aromatic carbocycles. The van der Waals surface area contributed by atoms with Crippen LogP contribution in [0.15, 0.2) is 42.7 Å². The fraction of sp³-hybridized carbons (Fsp3) is 0.333. The Kier molecular flexibility index (Phi) is 3.79. The van der Waals surface area contributed by atoms with E-state index in [1.807, 2.05) is 30.3 Å². The van der Waals surface area contributed by atoms with E-state index < -0.39 is 18.5 Å². The van der Waals surface area contributed by atoms with Gasteiger partial charge in [0.1, 0.15) is 0 Å². The number of nitrogens with one attached hydrogen (secondary N) is 1. The minimum Gasteiger partial charge on any atom is -0.318 e. The Balaban J connectivity index is 1.59. The average molecular weight is 306 g/mol.